The summed E-state index contributed by atoms with van der Waals surface area (Å²) in [5.74, 6) is 0. The van der Waals surface area contributed by atoms with Crippen LogP contribution in [0.25, 0.3) is 11.1 Å². The molecule has 2 aromatic rings. The Morgan fingerprint density at radius 2 is 1.29 bits per heavy atom. The number of rotatable bonds is 1. The van der Waals surface area contributed by atoms with Gasteiger partial charge in [0.2, 0.25) is 0 Å². The largest absolute Gasteiger partial charge is 0.0837 e. The third-order valence-corrected chi connectivity index (χ3v) is 2.29. The smallest absolute Gasteiger partial charge is 0.0484 e. The molecule has 0 nitrogen and oxygen atoms in total. The molecule has 0 bridgehead atoms. The molecule has 2 rings (SSSR count). The normalized spacial score (nSPS) is 9.21. The molecule has 0 radical (unpaired) electrons. The summed E-state index contributed by atoms with van der Waals surface area (Å²) in [4.78, 5) is 0. The van der Waals surface area contributed by atoms with Crippen LogP contribution in [-0.2, 0) is 0 Å². The summed E-state index contributed by atoms with van der Waals surface area (Å²) in [7, 11) is 0. The van der Waals surface area contributed by atoms with Gasteiger partial charge in [0.05, 0.1) is 0 Å². The van der Waals surface area contributed by atoms with Crippen molar-refractivity contribution < 1.29 is 0 Å². The van der Waals surface area contributed by atoms with Crippen LogP contribution in [0.5, 0.6) is 0 Å². The molecule has 0 amide bonds. The second kappa shape index (κ2) is 4.98. The molecule has 0 spiro atoms. The molecule has 0 saturated carbocycles. The molecule has 0 heterocycles. The first kappa shape index (κ1) is 11.0. The Labute approximate surface area is 93.6 Å². The molecular weight excluding hydrogens is 208 g/mol. The Hall–Kier alpha value is -1.05. The van der Waals surface area contributed by atoms with Gasteiger partial charge in [0, 0.05) is 10.6 Å². The maximum absolute atomic E-state index is 6.06. The molecule has 0 aliphatic carbocycles. The van der Waals surface area contributed by atoms with Crippen molar-refractivity contribution in [2.75, 3.05) is 0 Å². The highest BCUT2D eigenvalue weighted by atomic mass is 35.5. The van der Waals surface area contributed by atoms with Crippen LogP contribution < -0.4 is 0 Å². The minimum absolute atomic E-state index is 0. The first-order valence-corrected chi connectivity index (χ1v) is 4.55. The molecule has 2 heteroatoms. The topological polar surface area (TPSA) is 0 Å². The second-order valence-electron chi connectivity index (χ2n) is 2.85. The monoisotopic (exact) mass is 220 g/mol. The molecule has 0 aromatic heterocycles. The molecule has 0 aliphatic rings. The van der Waals surface area contributed by atoms with Gasteiger partial charge in [0.25, 0.3) is 0 Å². The lowest BCUT2D eigenvalue weighted by Crippen LogP contribution is -1.77. The number of benzene rings is 2. The Bertz CT molecular complexity index is 398. The van der Waals surface area contributed by atoms with Crippen molar-refractivity contribution in [3.8, 4) is 11.1 Å². The number of hydrogen-bond acceptors (Lipinski definition) is 0. The van der Waals surface area contributed by atoms with E-state index >= 15 is 0 Å². The SMILES string of the molecule is Clc1ccccc1-c1ccccc1.[SiH4]. The third-order valence-electron chi connectivity index (χ3n) is 1.96. The van der Waals surface area contributed by atoms with Crippen molar-refractivity contribution in [1.29, 1.82) is 0 Å². The van der Waals surface area contributed by atoms with Crippen LogP contribution in [0.2, 0.25) is 5.02 Å². The van der Waals surface area contributed by atoms with Crippen LogP contribution >= 0.6 is 11.6 Å². The molecule has 0 fully saturated rings. The van der Waals surface area contributed by atoms with E-state index < -0.39 is 0 Å². The summed E-state index contributed by atoms with van der Waals surface area (Å²) in [6, 6.07) is 18.0. The van der Waals surface area contributed by atoms with Crippen LogP contribution in [0.15, 0.2) is 54.6 Å². The third kappa shape index (κ3) is 2.25. The summed E-state index contributed by atoms with van der Waals surface area (Å²) >= 11 is 6.06. The van der Waals surface area contributed by atoms with Gasteiger partial charge in [-0.3, -0.25) is 0 Å². The first-order valence-electron chi connectivity index (χ1n) is 4.18. The van der Waals surface area contributed by atoms with Crippen molar-refractivity contribution in [2.45, 2.75) is 0 Å². The standard InChI is InChI=1S/C12H9Cl.H4Si/c13-12-9-5-4-8-11(12)10-6-2-1-3-7-10;/h1-9H;1H4. The molecule has 2 aromatic carbocycles. The second-order valence-corrected chi connectivity index (χ2v) is 3.25. The first-order chi connectivity index (χ1) is 6.38. The fraction of sp³-hybridized carbons (Fsp3) is 0. The lowest BCUT2D eigenvalue weighted by molar-refractivity contribution is 1.62. The molecule has 0 unspecified atom stereocenters. The van der Waals surface area contributed by atoms with E-state index in [1.54, 1.807) is 0 Å². The molecule has 0 saturated heterocycles. The minimum atomic E-state index is 0. The highest BCUT2D eigenvalue weighted by Crippen LogP contribution is 2.26. The summed E-state index contributed by atoms with van der Waals surface area (Å²) in [5, 5.41) is 0.800. The Morgan fingerprint density at radius 1 is 0.714 bits per heavy atom. The molecule has 0 atom stereocenters. The highest BCUT2D eigenvalue weighted by molar-refractivity contribution is 6.33. The Morgan fingerprint density at radius 3 is 1.93 bits per heavy atom. The zero-order valence-corrected chi connectivity index (χ0v) is 7.83. The van der Waals surface area contributed by atoms with Crippen molar-refractivity contribution in [2.24, 2.45) is 0 Å². The zero-order valence-electron chi connectivity index (χ0n) is 7.07. The maximum atomic E-state index is 6.06. The number of halogens is 1. The average molecular weight is 221 g/mol. The lowest BCUT2D eigenvalue weighted by Gasteiger charge is -2.02. The van der Waals surface area contributed by atoms with E-state index in [2.05, 4.69) is 12.1 Å². The Balaban J connectivity index is 0.000000980. The maximum Gasteiger partial charge on any atom is 0.0484 e. The van der Waals surface area contributed by atoms with Gasteiger partial charge in [-0.1, -0.05) is 60.1 Å². The van der Waals surface area contributed by atoms with Crippen LogP contribution in [0.4, 0.5) is 0 Å². The van der Waals surface area contributed by atoms with Gasteiger partial charge >= 0.3 is 0 Å². The average Bonchev–Trinajstić information content (AvgIpc) is 2.20. The van der Waals surface area contributed by atoms with E-state index in [-0.39, 0.29) is 11.0 Å². The van der Waals surface area contributed by atoms with Gasteiger partial charge in [0.1, 0.15) is 0 Å². The van der Waals surface area contributed by atoms with Crippen molar-refractivity contribution >= 4 is 22.6 Å². The number of hydrogen-bond donors (Lipinski definition) is 0. The summed E-state index contributed by atoms with van der Waals surface area (Å²) in [6.45, 7) is 0. The highest BCUT2D eigenvalue weighted by Gasteiger charge is 1.99. The van der Waals surface area contributed by atoms with Crippen molar-refractivity contribution in [3.05, 3.63) is 59.6 Å². The van der Waals surface area contributed by atoms with Gasteiger partial charge in [0.15, 0.2) is 0 Å². The Kier molecular flexibility index (Phi) is 3.93. The van der Waals surface area contributed by atoms with Crippen LogP contribution in [-0.4, -0.2) is 11.0 Å². The van der Waals surface area contributed by atoms with Gasteiger partial charge in [-0.2, -0.15) is 0 Å². The molecule has 0 aliphatic heterocycles. The molecular formula is C12H13ClSi. The molecule has 0 N–H and O–H groups in total. The van der Waals surface area contributed by atoms with Gasteiger partial charge in [-0.25, -0.2) is 0 Å². The summed E-state index contributed by atoms with van der Waals surface area (Å²) in [5.41, 5.74) is 2.25. The predicted octanol–water partition coefficient (Wildman–Crippen LogP) is 2.56. The van der Waals surface area contributed by atoms with E-state index in [9.17, 15) is 0 Å². The van der Waals surface area contributed by atoms with E-state index in [4.69, 9.17) is 11.6 Å². The molecule has 72 valence electrons. The lowest BCUT2D eigenvalue weighted by atomic mass is 10.1. The van der Waals surface area contributed by atoms with Gasteiger partial charge < -0.3 is 0 Å². The summed E-state index contributed by atoms with van der Waals surface area (Å²) < 4.78 is 0. The van der Waals surface area contributed by atoms with Crippen LogP contribution in [0.3, 0.4) is 0 Å². The van der Waals surface area contributed by atoms with E-state index in [0.717, 1.165) is 16.1 Å². The zero-order chi connectivity index (χ0) is 9.10. The van der Waals surface area contributed by atoms with E-state index in [0.29, 0.717) is 0 Å². The van der Waals surface area contributed by atoms with Gasteiger partial charge in [-0.05, 0) is 22.6 Å². The fourth-order valence-electron chi connectivity index (χ4n) is 1.31. The van der Waals surface area contributed by atoms with Crippen LogP contribution in [0, 0.1) is 0 Å². The van der Waals surface area contributed by atoms with Crippen molar-refractivity contribution in [3.63, 3.8) is 0 Å². The quantitative estimate of drug-likeness (QED) is 0.649. The van der Waals surface area contributed by atoms with Crippen molar-refractivity contribution in [1.82, 2.24) is 0 Å². The minimum Gasteiger partial charge on any atom is -0.0837 e. The van der Waals surface area contributed by atoms with E-state index in [1.807, 2.05) is 42.5 Å². The molecule has 14 heavy (non-hydrogen) atoms. The van der Waals surface area contributed by atoms with E-state index in [1.165, 1.54) is 0 Å². The fourth-order valence-corrected chi connectivity index (χ4v) is 1.56. The van der Waals surface area contributed by atoms with Crippen LogP contribution in [0.1, 0.15) is 0 Å². The van der Waals surface area contributed by atoms with Gasteiger partial charge in [-0.15, -0.1) is 0 Å². The summed E-state index contributed by atoms with van der Waals surface area (Å²) in [6.07, 6.45) is 0. The predicted molar refractivity (Wildman–Crippen MR) is 68.2 cm³/mol.